The van der Waals surface area contributed by atoms with Crippen LogP contribution in [-0.4, -0.2) is 60.8 Å². The van der Waals surface area contributed by atoms with Crippen molar-refractivity contribution in [3.63, 3.8) is 0 Å². The first kappa shape index (κ1) is 25.5. The Morgan fingerprint density at radius 2 is 1.00 bits per heavy atom. The first-order chi connectivity index (χ1) is 0. The Balaban J connectivity index is 0. The zero-order valence-electron chi connectivity index (χ0n) is 2.41. The molecular weight excluding hydrogens is 203 g/mol. The minimum Gasteiger partial charge on any atom is 0 e. The van der Waals surface area contributed by atoms with Gasteiger partial charge in [0.2, 0.25) is 0 Å². The van der Waals surface area contributed by atoms with Crippen LogP contribution in [-0.2, 0) is 47.9 Å². The Morgan fingerprint density at radius 3 is 1.00 bits per heavy atom. The molecule has 0 aromatic heterocycles. The van der Waals surface area contributed by atoms with Crippen LogP contribution < -0.4 is 0 Å². The fourth-order valence-corrected chi connectivity index (χ4v) is 0. The molecule has 0 aromatic rings. The molecule has 0 fully saturated rings. The van der Waals surface area contributed by atoms with Gasteiger partial charge in [0, 0.05) is 109 Å². The minimum atomic E-state index is 0. The van der Waals surface area contributed by atoms with Gasteiger partial charge in [0.15, 0.2) is 0 Å². The van der Waals surface area contributed by atoms with E-state index in [1.54, 1.807) is 0 Å². The van der Waals surface area contributed by atoms with Crippen molar-refractivity contribution < 1.29 is 47.9 Å². The Bertz CT molecular complexity index is 8.00. The van der Waals surface area contributed by atoms with Gasteiger partial charge in [-0.05, 0) is 0 Å². The van der Waals surface area contributed by atoms with E-state index in [0.29, 0.717) is 0 Å². The van der Waals surface area contributed by atoms with Gasteiger partial charge in [0.25, 0.3) is 0 Å². The monoisotopic (exact) mass is 202 g/mol. The second kappa shape index (κ2) is 16.0. The third-order valence-electron chi connectivity index (χ3n) is 0. The molecule has 4 heavy (non-hydrogen) atoms. The van der Waals surface area contributed by atoms with Crippen LogP contribution in [0.15, 0.2) is 0 Å². The van der Waals surface area contributed by atoms with E-state index in [0.717, 1.165) is 0 Å². The van der Waals surface area contributed by atoms with Gasteiger partial charge in [-0.3, -0.25) is 0 Å². The molecule has 0 spiro atoms. The van der Waals surface area contributed by atoms with Crippen LogP contribution in [0.4, 0.5) is 0 Å². The van der Waals surface area contributed by atoms with E-state index < -0.39 is 0 Å². The van der Waals surface area contributed by atoms with Crippen molar-refractivity contribution in [2.24, 2.45) is 0 Å². The maximum absolute atomic E-state index is 0. The summed E-state index contributed by atoms with van der Waals surface area (Å²) in [5.74, 6) is 0. The first-order valence-electron chi connectivity index (χ1n) is 0. The molecule has 4 heteroatoms. The molecule has 0 heterocycles. The van der Waals surface area contributed by atoms with E-state index in [2.05, 4.69) is 0 Å². The van der Waals surface area contributed by atoms with Gasteiger partial charge in [-0.1, -0.05) is 0 Å². The third kappa shape index (κ3) is 9.16. The molecule has 0 rings (SSSR count). The Labute approximate surface area is 106 Å². The maximum atomic E-state index is 0. The predicted octanol–water partition coefficient (Wildman–Crippen LogP) is -0.767. The molecule has 0 saturated heterocycles. The smallest absolute Gasteiger partial charge is 0 e. The Morgan fingerprint density at radius 1 is 1.00 bits per heavy atom. The van der Waals surface area contributed by atoms with Crippen molar-refractivity contribution in [1.82, 2.24) is 0 Å². The molecule has 0 aliphatic carbocycles. The maximum Gasteiger partial charge on any atom is 0 e. The largest absolute Gasteiger partial charge is 0 e. The van der Waals surface area contributed by atoms with Crippen molar-refractivity contribution in [1.29, 1.82) is 0 Å². The molecule has 12 valence electrons. The van der Waals surface area contributed by atoms with Crippen molar-refractivity contribution in [3.05, 3.63) is 0 Å². The van der Waals surface area contributed by atoms with E-state index in [1.165, 1.54) is 0 Å². The molecule has 0 nitrogen and oxygen atoms in total. The van der Waals surface area contributed by atoms with Crippen molar-refractivity contribution in [2.75, 3.05) is 0 Å². The van der Waals surface area contributed by atoms with E-state index >= 15 is 0 Å². The summed E-state index contributed by atoms with van der Waals surface area (Å²) in [6.45, 7) is 0. The Kier molecular flexibility index (Phi) is 102. The van der Waals surface area contributed by atoms with Crippen molar-refractivity contribution >= 4 is 60.8 Å². The second-order valence-electron chi connectivity index (χ2n) is 0. The SMILES string of the molecule is [Ca].[Mg].[Ti].[Zr]. The molecule has 0 amide bonds. The van der Waals surface area contributed by atoms with Crippen LogP contribution in [0.3, 0.4) is 0 Å². The summed E-state index contributed by atoms with van der Waals surface area (Å²) >= 11 is 0. The molecule has 0 aromatic carbocycles. The zero-order valence-corrected chi connectivity index (χ0v) is 10.1. The van der Waals surface area contributed by atoms with Gasteiger partial charge in [0.1, 0.15) is 0 Å². The quantitative estimate of drug-likeness (QED) is 0.454. The van der Waals surface area contributed by atoms with E-state index in [-0.39, 0.29) is 109 Å². The predicted molar refractivity (Wildman–Crippen MR) is 11.5 cm³/mol. The van der Waals surface area contributed by atoms with E-state index in [9.17, 15) is 0 Å². The average molecular weight is 203 g/mol. The molecule has 0 N–H and O–H groups in total. The number of hydrogen-bond acceptors (Lipinski definition) is 0. The number of rotatable bonds is 0. The standard InChI is InChI=1S/Ca.Mg.Ti.Zr. The molecule has 0 unspecified atom stereocenters. The van der Waals surface area contributed by atoms with Crippen LogP contribution in [0.25, 0.3) is 0 Å². The van der Waals surface area contributed by atoms with E-state index in [4.69, 9.17) is 0 Å². The van der Waals surface area contributed by atoms with E-state index in [1.807, 2.05) is 0 Å². The van der Waals surface area contributed by atoms with Gasteiger partial charge < -0.3 is 0 Å². The van der Waals surface area contributed by atoms with Crippen LogP contribution in [0, 0.1) is 0 Å². The summed E-state index contributed by atoms with van der Waals surface area (Å²) in [7, 11) is 0. The molecular formula is CaMgTiZr. The molecule has 0 aliphatic heterocycles. The van der Waals surface area contributed by atoms with Gasteiger partial charge >= 0.3 is 0 Å². The molecule has 0 bridgehead atoms. The van der Waals surface area contributed by atoms with Crippen molar-refractivity contribution in [2.45, 2.75) is 0 Å². The Hall–Kier alpha value is 3.62. The van der Waals surface area contributed by atoms with Gasteiger partial charge in [-0.2, -0.15) is 0 Å². The average Bonchev–Trinajstić information content (AvgIpc) is 0. The third-order valence-corrected chi connectivity index (χ3v) is 0. The second-order valence-corrected chi connectivity index (χ2v) is 0. The summed E-state index contributed by atoms with van der Waals surface area (Å²) in [5, 5.41) is 0. The van der Waals surface area contributed by atoms with Crippen LogP contribution in [0.5, 0.6) is 0 Å². The van der Waals surface area contributed by atoms with Gasteiger partial charge in [-0.15, -0.1) is 0 Å². The fourth-order valence-electron chi connectivity index (χ4n) is 0. The normalized spacial score (nSPS) is 0. The number of hydrogen-bond donors (Lipinski definition) is 0. The molecule has 0 aliphatic rings. The molecule has 0 atom stereocenters. The molecule has 4 radical (unpaired) electrons. The fraction of sp³-hybridized carbons (Fsp3) is 0. The molecule has 0 saturated carbocycles. The first-order valence-corrected chi connectivity index (χ1v) is 0. The van der Waals surface area contributed by atoms with Crippen LogP contribution in [0.1, 0.15) is 0 Å². The van der Waals surface area contributed by atoms with Crippen molar-refractivity contribution in [3.8, 4) is 0 Å². The summed E-state index contributed by atoms with van der Waals surface area (Å²) in [6, 6.07) is 0. The summed E-state index contributed by atoms with van der Waals surface area (Å²) in [5.41, 5.74) is 0. The summed E-state index contributed by atoms with van der Waals surface area (Å²) in [4.78, 5) is 0. The van der Waals surface area contributed by atoms with Gasteiger partial charge in [-0.25, -0.2) is 0 Å². The van der Waals surface area contributed by atoms with Gasteiger partial charge in [0.05, 0.1) is 0 Å². The summed E-state index contributed by atoms with van der Waals surface area (Å²) in [6.07, 6.45) is 0. The topological polar surface area (TPSA) is 0 Å². The van der Waals surface area contributed by atoms with Crippen LogP contribution >= 0.6 is 0 Å². The minimum absolute atomic E-state index is 0. The summed E-state index contributed by atoms with van der Waals surface area (Å²) < 4.78 is 0. The zero-order chi connectivity index (χ0) is 0. The van der Waals surface area contributed by atoms with Crippen LogP contribution in [0.2, 0.25) is 0 Å².